The number of aromatic nitrogens is 2. The number of aliphatic carboxylic acids is 1. The summed E-state index contributed by atoms with van der Waals surface area (Å²) in [6, 6.07) is 18.0. The average Bonchev–Trinajstić information content (AvgIpc) is 3.29. The highest BCUT2D eigenvalue weighted by atomic mass is 32.1. The first-order valence-electron chi connectivity index (χ1n) is 9.06. The van der Waals surface area contributed by atoms with Gasteiger partial charge in [0.15, 0.2) is 0 Å². The van der Waals surface area contributed by atoms with Gasteiger partial charge in [0.2, 0.25) is 0 Å². The lowest BCUT2D eigenvalue weighted by Gasteiger charge is -2.08. The molecular weight excluding hydrogens is 372 g/mol. The number of hydrogen-bond donors (Lipinski definition) is 1. The summed E-state index contributed by atoms with van der Waals surface area (Å²) in [6.45, 7) is 2.51. The van der Waals surface area contributed by atoms with Crippen LogP contribution in [0.2, 0.25) is 0 Å². The molecule has 4 rings (SSSR count). The number of fused-ring (bicyclic) bond motifs is 1. The maximum Gasteiger partial charge on any atom is 0.303 e. The van der Waals surface area contributed by atoms with Crippen LogP contribution in [0.1, 0.15) is 22.4 Å². The van der Waals surface area contributed by atoms with Crippen LogP contribution in [0.3, 0.4) is 0 Å². The van der Waals surface area contributed by atoms with E-state index in [1.807, 2.05) is 53.1 Å². The highest BCUT2D eigenvalue weighted by Gasteiger charge is 2.15. The van der Waals surface area contributed by atoms with Crippen LogP contribution in [0.25, 0.3) is 16.0 Å². The van der Waals surface area contributed by atoms with E-state index in [1.165, 1.54) is 5.56 Å². The van der Waals surface area contributed by atoms with Crippen molar-refractivity contribution in [3.8, 4) is 10.8 Å². The van der Waals surface area contributed by atoms with Gasteiger partial charge in [-0.3, -0.25) is 9.36 Å². The molecule has 0 saturated carbocycles. The molecule has 5 nitrogen and oxygen atoms in total. The molecule has 0 spiro atoms. The van der Waals surface area contributed by atoms with E-state index in [4.69, 9.17) is 9.84 Å². The fourth-order valence-electron chi connectivity index (χ4n) is 3.10. The minimum atomic E-state index is -0.812. The third kappa shape index (κ3) is 3.77. The molecule has 0 atom stereocenters. The normalized spacial score (nSPS) is 11.0. The minimum Gasteiger partial charge on any atom is -0.488 e. The third-order valence-electron chi connectivity index (χ3n) is 4.66. The zero-order valence-corrected chi connectivity index (χ0v) is 16.3. The first-order valence-corrected chi connectivity index (χ1v) is 9.88. The van der Waals surface area contributed by atoms with Gasteiger partial charge in [-0.2, -0.15) is 0 Å². The lowest BCUT2D eigenvalue weighted by atomic mass is 10.1. The molecule has 1 N–H and O–H groups in total. The molecule has 142 valence electrons. The van der Waals surface area contributed by atoms with Gasteiger partial charge < -0.3 is 9.84 Å². The average molecular weight is 392 g/mol. The van der Waals surface area contributed by atoms with Gasteiger partial charge in [-0.15, -0.1) is 11.3 Å². The Balaban J connectivity index is 1.66. The summed E-state index contributed by atoms with van der Waals surface area (Å²) >= 11 is 1.55. The summed E-state index contributed by atoms with van der Waals surface area (Å²) in [7, 11) is 0. The number of hydrogen-bond acceptors (Lipinski definition) is 4. The molecule has 0 saturated heterocycles. The van der Waals surface area contributed by atoms with Crippen LogP contribution in [-0.4, -0.2) is 20.6 Å². The monoisotopic (exact) mass is 392 g/mol. The third-order valence-corrected chi connectivity index (χ3v) is 5.83. The SMILES string of the molecule is Cc1ccccc1COc1cc(-n2cnc3ccccc32)sc1CCC(=O)O. The van der Waals surface area contributed by atoms with Crippen LogP contribution in [0.15, 0.2) is 60.9 Å². The van der Waals surface area contributed by atoms with E-state index >= 15 is 0 Å². The molecule has 0 unspecified atom stereocenters. The lowest BCUT2D eigenvalue weighted by Crippen LogP contribution is -2.00. The Morgan fingerprint density at radius 2 is 1.96 bits per heavy atom. The molecule has 28 heavy (non-hydrogen) atoms. The number of carbonyl (C=O) groups is 1. The molecule has 2 heterocycles. The summed E-state index contributed by atoms with van der Waals surface area (Å²) in [5.74, 6) is -0.0739. The molecule has 0 amide bonds. The number of benzene rings is 2. The van der Waals surface area contributed by atoms with Crippen molar-refractivity contribution in [1.82, 2.24) is 9.55 Å². The zero-order valence-electron chi connectivity index (χ0n) is 15.5. The van der Waals surface area contributed by atoms with E-state index in [0.717, 1.165) is 32.2 Å². The molecule has 2 aromatic carbocycles. The van der Waals surface area contributed by atoms with Gasteiger partial charge in [0.25, 0.3) is 0 Å². The van der Waals surface area contributed by atoms with E-state index in [2.05, 4.69) is 18.0 Å². The fourth-order valence-corrected chi connectivity index (χ4v) is 4.18. The Labute approximate surface area is 166 Å². The van der Waals surface area contributed by atoms with E-state index < -0.39 is 5.97 Å². The second-order valence-corrected chi connectivity index (χ2v) is 7.70. The van der Waals surface area contributed by atoms with Gasteiger partial charge in [0, 0.05) is 10.9 Å². The molecule has 4 aromatic rings. The zero-order chi connectivity index (χ0) is 19.5. The van der Waals surface area contributed by atoms with Gasteiger partial charge in [-0.25, -0.2) is 4.98 Å². The van der Waals surface area contributed by atoms with Crippen molar-refractivity contribution in [2.75, 3.05) is 0 Å². The first-order chi connectivity index (χ1) is 13.6. The predicted molar refractivity (Wildman–Crippen MR) is 110 cm³/mol. The Kier molecular flexibility index (Phi) is 5.12. The highest BCUT2D eigenvalue weighted by molar-refractivity contribution is 7.14. The van der Waals surface area contributed by atoms with E-state index in [-0.39, 0.29) is 6.42 Å². The molecule has 0 aliphatic carbocycles. The topological polar surface area (TPSA) is 64.4 Å². The maximum absolute atomic E-state index is 11.1. The van der Waals surface area contributed by atoms with Crippen LogP contribution in [0.5, 0.6) is 5.75 Å². The molecule has 0 aliphatic rings. The number of ether oxygens (including phenoxy) is 1. The quantitative estimate of drug-likeness (QED) is 0.481. The number of aryl methyl sites for hydroxylation is 2. The first kappa shape index (κ1) is 18.3. The van der Waals surface area contributed by atoms with Crippen molar-refractivity contribution in [3.05, 3.63) is 76.9 Å². The molecule has 0 radical (unpaired) electrons. The highest BCUT2D eigenvalue weighted by Crippen LogP contribution is 2.35. The number of para-hydroxylation sites is 2. The van der Waals surface area contributed by atoms with Crippen molar-refractivity contribution >= 4 is 28.3 Å². The summed E-state index contributed by atoms with van der Waals surface area (Å²) in [6.07, 6.45) is 2.31. The Morgan fingerprint density at radius 1 is 1.18 bits per heavy atom. The number of carboxylic acids is 1. The van der Waals surface area contributed by atoms with Gasteiger partial charge in [-0.05, 0) is 36.6 Å². The van der Waals surface area contributed by atoms with E-state index in [1.54, 1.807) is 17.7 Å². The number of imidazole rings is 1. The molecule has 0 aliphatic heterocycles. The van der Waals surface area contributed by atoms with Crippen LogP contribution in [-0.2, 0) is 17.8 Å². The second-order valence-electron chi connectivity index (χ2n) is 6.58. The van der Waals surface area contributed by atoms with Gasteiger partial charge in [0.1, 0.15) is 23.7 Å². The van der Waals surface area contributed by atoms with Crippen molar-refractivity contribution in [3.63, 3.8) is 0 Å². The summed E-state index contributed by atoms with van der Waals surface area (Å²) in [5.41, 5.74) is 4.22. The molecule has 2 aromatic heterocycles. The Bertz CT molecular complexity index is 1130. The van der Waals surface area contributed by atoms with Crippen LogP contribution in [0, 0.1) is 6.92 Å². The van der Waals surface area contributed by atoms with E-state index in [0.29, 0.717) is 13.0 Å². The molecule has 0 bridgehead atoms. The Hall–Kier alpha value is -3.12. The number of carboxylic acid groups (broad SMARTS) is 1. The van der Waals surface area contributed by atoms with Crippen molar-refractivity contribution < 1.29 is 14.6 Å². The molecular formula is C22H20N2O3S. The number of thiophene rings is 1. The van der Waals surface area contributed by atoms with Crippen molar-refractivity contribution in [2.24, 2.45) is 0 Å². The summed E-state index contributed by atoms with van der Waals surface area (Å²) in [4.78, 5) is 16.4. The van der Waals surface area contributed by atoms with Crippen LogP contribution in [0.4, 0.5) is 0 Å². The Morgan fingerprint density at radius 3 is 2.79 bits per heavy atom. The molecule has 6 heteroatoms. The molecule has 0 fully saturated rings. The van der Waals surface area contributed by atoms with Gasteiger partial charge >= 0.3 is 5.97 Å². The van der Waals surface area contributed by atoms with Crippen LogP contribution >= 0.6 is 11.3 Å². The minimum absolute atomic E-state index is 0.0748. The number of rotatable bonds is 7. The number of nitrogens with zero attached hydrogens (tertiary/aromatic N) is 2. The fraction of sp³-hybridized carbons (Fsp3) is 0.182. The largest absolute Gasteiger partial charge is 0.488 e. The van der Waals surface area contributed by atoms with Gasteiger partial charge in [0.05, 0.1) is 17.5 Å². The van der Waals surface area contributed by atoms with Crippen molar-refractivity contribution in [2.45, 2.75) is 26.4 Å². The maximum atomic E-state index is 11.1. The lowest BCUT2D eigenvalue weighted by molar-refractivity contribution is -0.136. The second kappa shape index (κ2) is 7.86. The van der Waals surface area contributed by atoms with E-state index in [9.17, 15) is 4.79 Å². The summed E-state index contributed by atoms with van der Waals surface area (Å²) < 4.78 is 8.13. The van der Waals surface area contributed by atoms with Gasteiger partial charge in [-0.1, -0.05) is 36.4 Å². The standard InChI is InChI=1S/C22H20N2O3S/c1-15-6-2-3-7-16(15)13-27-19-12-21(28-20(19)10-11-22(25)26)24-14-23-17-8-4-5-9-18(17)24/h2-9,12,14H,10-11,13H2,1H3,(H,25,26). The van der Waals surface area contributed by atoms with Crippen LogP contribution < -0.4 is 4.74 Å². The van der Waals surface area contributed by atoms with Crippen molar-refractivity contribution in [1.29, 1.82) is 0 Å². The predicted octanol–water partition coefficient (Wildman–Crippen LogP) is 4.99. The summed E-state index contributed by atoms with van der Waals surface area (Å²) in [5, 5.41) is 10.1. The smallest absolute Gasteiger partial charge is 0.303 e.